The molecule has 1 aromatic carbocycles. The molecule has 0 atom stereocenters. The summed E-state index contributed by atoms with van der Waals surface area (Å²) in [6.07, 6.45) is 5.14. The molecule has 4 aromatic rings. The van der Waals surface area contributed by atoms with Crippen molar-refractivity contribution in [3.05, 3.63) is 48.6 Å². The summed E-state index contributed by atoms with van der Waals surface area (Å²) in [6, 6.07) is 4.63. The average Bonchev–Trinajstić information content (AvgIpc) is 3.09. The lowest BCUT2D eigenvalue weighted by atomic mass is 10.2. The number of hydrogen-bond donors (Lipinski definition) is 0. The number of piperazine rings is 1. The fourth-order valence-corrected chi connectivity index (χ4v) is 3.55. The molecular weight excluding hydrogens is 347 g/mol. The molecule has 1 fully saturated rings. The summed E-state index contributed by atoms with van der Waals surface area (Å²) in [5.74, 6) is 2.23. The van der Waals surface area contributed by atoms with Crippen LogP contribution in [0.5, 0.6) is 0 Å². The number of nitrogens with zero attached hydrogens (tertiary/aromatic N) is 8. The number of benzene rings is 1. The van der Waals surface area contributed by atoms with Gasteiger partial charge in [0.25, 0.3) is 0 Å². The summed E-state index contributed by atoms with van der Waals surface area (Å²) in [5, 5.41) is 9.26. The molecular formula is C18H17FN8. The fourth-order valence-electron chi connectivity index (χ4n) is 3.55. The van der Waals surface area contributed by atoms with Crippen LogP contribution < -0.4 is 9.80 Å². The van der Waals surface area contributed by atoms with Crippen LogP contribution in [0.4, 0.5) is 16.0 Å². The van der Waals surface area contributed by atoms with Crippen LogP contribution in [0.3, 0.4) is 0 Å². The van der Waals surface area contributed by atoms with Crippen LogP contribution in [0.25, 0.3) is 16.6 Å². The Bertz CT molecular complexity index is 1130. The third-order valence-electron chi connectivity index (χ3n) is 4.94. The summed E-state index contributed by atoms with van der Waals surface area (Å²) < 4.78 is 15.4. The van der Waals surface area contributed by atoms with Crippen molar-refractivity contribution in [2.24, 2.45) is 0 Å². The van der Waals surface area contributed by atoms with E-state index in [1.807, 2.05) is 17.5 Å². The van der Waals surface area contributed by atoms with Gasteiger partial charge in [0, 0.05) is 50.0 Å². The number of aryl methyl sites for hydroxylation is 1. The molecule has 0 radical (unpaired) electrons. The molecule has 0 N–H and O–H groups in total. The van der Waals surface area contributed by atoms with Crippen LogP contribution >= 0.6 is 0 Å². The van der Waals surface area contributed by atoms with Crippen LogP contribution in [-0.4, -0.2) is 55.7 Å². The van der Waals surface area contributed by atoms with E-state index < -0.39 is 0 Å². The van der Waals surface area contributed by atoms with Crippen molar-refractivity contribution in [1.29, 1.82) is 0 Å². The standard InChI is InChI=1S/C18H17FN8/c1-12-23-24-18-17(20-4-5-27(12)18)26-8-6-25(7-9-26)16-14-3-2-13(19)10-15(14)21-11-22-16/h2-5,10-11H,6-9H2,1H3. The zero-order valence-corrected chi connectivity index (χ0v) is 14.7. The van der Waals surface area contributed by atoms with E-state index >= 15 is 0 Å². The SMILES string of the molecule is Cc1nnc2c(N3CCN(c4ncnc5cc(F)ccc45)CC3)nccn12. The van der Waals surface area contributed by atoms with E-state index in [1.165, 1.54) is 18.5 Å². The van der Waals surface area contributed by atoms with Crippen LogP contribution in [-0.2, 0) is 0 Å². The smallest absolute Gasteiger partial charge is 0.203 e. The molecule has 136 valence electrons. The van der Waals surface area contributed by atoms with Gasteiger partial charge in [-0.15, -0.1) is 10.2 Å². The molecule has 27 heavy (non-hydrogen) atoms. The lowest BCUT2D eigenvalue weighted by Crippen LogP contribution is -2.47. The first-order valence-corrected chi connectivity index (χ1v) is 8.77. The number of fused-ring (bicyclic) bond motifs is 2. The number of aromatic nitrogens is 6. The van der Waals surface area contributed by atoms with E-state index in [4.69, 9.17) is 0 Å². The Hall–Kier alpha value is -3.36. The monoisotopic (exact) mass is 364 g/mol. The fraction of sp³-hybridized carbons (Fsp3) is 0.278. The number of halogens is 1. The van der Waals surface area contributed by atoms with Crippen LogP contribution in [0.15, 0.2) is 36.9 Å². The van der Waals surface area contributed by atoms with E-state index in [9.17, 15) is 4.39 Å². The van der Waals surface area contributed by atoms with E-state index in [2.05, 4.69) is 34.9 Å². The van der Waals surface area contributed by atoms with Gasteiger partial charge in [0.15, 0.2) is 5.82 Å². The van der Waals surface area contributed by atoms with Gasteiger partial charge in [0.2, 0.25) is 5.65 Å². The van der Waals surface area contributed by atoms with E-state index in [0.29, 0.717) is 5.52 Å². The molecule has 9 heteroatoms. The first kappa shape index (κ1) is 15.9. The minimum Gasteiger partial charge on any atom is -0.352 e. The topological polar surface area (TPSA) is 75.3 Å². The third kappa shape index (κ3) is 2.62. The Kier molecular flexibility index (Phi) is 3.59. The van der Waals surface area contributed by atoms with E-state index in [1.54, 1.807) is 12.3 Å². The minimum absolute atomic E-state index is 0.292. The lowest BCUT2D eigenvalue weighted by Gasteiger charge is -2.36. The van der Waals surface area contributed by atoms with Crippen LogP contribution in [0, 0.1) is 12.7 Å². The molecule has 0 bridgehead atoms. The van der Waals surface area contributed by atoms with Gasteiger partial charge in [-0.3, -0.25) is 4.40 Å². The number of hydrogen-bond acceptors (Lipinski definition) is 7. The van der Waals surface area contributed by atoms with Crippen molar-refractivity contribution in [1.82, 2.24) is 29.5 Å². The van der Waals surface area contributed by atoms with E-state index in [-0.39, 0.29) is 5.82 Å². The Morgan fingerprint density at radius 3 is 2.52 bits per heavy atom. The number of anilines is 2. The van der Waals surface area contributed by atoms with Crippen molar-refractivity contribution in [2.45, 2.75) is 6.92 Å². The Labute approximate surface area is 154 Å². The second-order valence-corrected chi connectivity index (χ2v) is 6.52. The first-order valence-electron chi connectivity index (χ1n) is 8.77. The Morgan fingerprint density at radius 1 is 0.926 bits per heavy atom. The second kappa shape index (κ2) is 6.11. The highest BCUT2D eigenvalue weighted by molar-refractivity contribution is 5.89. The molecule has 1 aliphatic heterocycles. The molecule has 1 aliphatic rings. The molecule has 0 saturated carbocycles. The van der Waals surface area contributed by atoms with Gasteiger partial charge < -0.3 is 9.80 Å². The highest BCUT2D eigenvalue weighted by Crippen LogP contribution is 2.26. The normalized spacial score (nSPS) is 15.0. The first-order chi connectivity index (χ1) is 13.2. The Balaban J connectivity index is 1.42. The summed E-state index contributed by atoms with van der Waals surface area (Å²) in [4.78, 5) is 17.6. The van der Waals surface area contributed by atoms with Gasteiger partial charge in [0.1, 0.15) is 23.8 Å². The molecule has 0 aliphatic carbocycles. The molecule has 5 rings (SSSR count). The van der Waals surface area contributed by atoms with Gasteiger partial charge in [-0.2, -0.15) is 0 Å². The third-order valence-corrected chi connectivity index (χ3v) is 4.94. The van der Waals surface area contributed by atoms with Gasteiger partial charge >= 0.3 is 0 Å². The van der Waals surface area contributed by atoms with Gasteiger partial charge in [-0.1, -0.05) is 0 Å². The molecule has 0 amide bonds. The maximum Gasteiger partial charge on any atom is 0.203 e. The Morgan fingerprint density at radius 2 is 1.70 bits per heavy atom. The largest absolute Gasteiger partial charge is 0.352 e. The summed E-state index contributed by atoms with van der Waals surface area (Å²) in [5.41, 5.74) is 1.39. The molecule has 4 heterocycles. The van der Waals surface area contributed by atoms with E-state index in [0.717, 1.165) is 54.7 Å². The summed E-state index contributed by atoms with van der Waals surface area (Å²) in [6.45, 7) is 5.04. The van der Waals surface area contributed by atoms with Crippen molar-refractivity contribution in [2.75, 3.05) is 36.0 Å². The maximum atomic E-state index is 13.5. The maximum absolute atomic E-state index is 13.5. The van der Waals surface area contributed by atoms with Crippen molar-refractivity contribution in [3.8, 4) is 0 Å². The second-order valence-electron chi connectivity index (χ2n) is 6.52. The molecule has 0 unspecified atom stereocenters. The summed E-state index contributed by atoms with van der Waals surface area (Å²) in [7, 11) is 0. The highest BCUT2D eigenvalue weighted by Gasteiger charge is 2.23. The molecule has 1 saturated heterocycles. The predicted octanol–water partition coefficient (Wildman–Crippen LogP) is 1.84. The number of rotatable bonds is 2. The molecule has 3 aromatic heterocycles. The van der Waals surface area contributed by atoms with Crippen molar-refractivity contribution < 1.29 is 4.39 Å². The van der Waals surface area contributed by atoms with Crippen molar-refractivity contribution >= 4 is 28.2 Å². The van der Waals surface area contributed by atoms with Crippen LogP contribution in [0.1, 0.15) is 5.82 Å². The highest BCUT2D eigenvalue weighted by atomic mass is 19.1. The van der Waals surface area contributed by atoms with Gasteiger partial charge in [-0.05, 0) is 19.1 Å². The van der Waals surface area contributed by atoms with Gasteiger partial charge in [-0.25, -0.2) is 19.3 Å². The zero-order valence-electron chi connectivity index (χ0n) is 14.7. The summed E-state index contributed by atoms with van der Waals surface area (Å²) >= 11 is 0. The lowest BCUT2D eigenvalue weighted by molar-refractivity contribution is 0.628. The van der Waals surface area contributed by atoms with Gasteiger partial charge in [0.05, 0.1) is 5.52 Å². The predicted molar refractivity (Wildman–Crippen MR) is 99.4 cm³/mol. The average molecular weight is 364 g/mol. The minimum atomic E-state index is -0.292. The molecule has 8 nitrogen and oxygen atoms in total. The quantitative estimate of drug-likeness (QED) is 0.537. The zero-order chi connectivity index (χ0) is 18.4. The molecule has 0 spiro atoms. The van der Waals surface area contributed by atoms with Crippen molar-refractivity contribution in [3.63, 3.8) is 0 Å². The van der Waals surface area contributed by atoms with Crippen LogP contribution in [0.2, 0.25) is 0 Å².